The fraction of sp³-hybridized carbons (Fsp3) is 0.474. The zero-order valence-corrected chi connectivity index (χ0v) is 15.6. The third kappa shape index (κ3) is 4.71. The quantitative estimate of drug-likeness (QED) is 0.741. The van der Waals surface area contributed by atoms with Crippen molar-refractivity contribution in [1.29, 1.82) is 0 Å². The predicted octanol–water partition coefficient (Wildman–Crippen LogP) is 2.15. The SMILES string of the molecule is COCCn1cnnc1[C@H](C)NC(=O)c1ccc(NC(=O)C2CCC2)cc1. The molecule has 8 heteroatoms. The van der Waals surface area contributed by atoms with Crippen molar-refractivity contribution in [2.24, 2.45) is 5.92 Å². The highest BCUT2D eigenvalue weighted by Crippen LogP contribution is 2.27. The molecule has 2 N–H and O–H groups in total. The summed E-state index contributed by atoms with van der Waals surface area (Å²) in [7, 11) is 1.63. The van der Waals surface area contributed by atoms with Crippen LogP contribution in [0.5, 0.6) is 0 Å². The first-order valence-electron chi connectivity index (χ1n) is 9.17. The summed E-state index contributed by atoms with van der Waals surface area (Å²) in [5.41, 5.74) is 1.22. The van der Waals surface area contributed by atoms with Gasteiger partial charge in [-0.25, -0.2) is 0 Å². The molecule has 0 radical (unpaired) electrons. The van der Waals surface area contributed by atoms with Crippen molar-refractivity contribution in [1.82, 2.24) is 20.1 Å². The lowest BCUT2D eigenvalue weighted by Gasteiger charge is -2.24. The molecule has 0 unspecified atom stereocenters. The second-order valence-corrected chi connectivity index (χ2v) is 6.76. The summed E-state index contributed by atoms with van der Waals surface area (Å²) in [4.78, 5) is 24.5. The third-order valence-electron chi connectivity index (χ3n) is 4.81. The van der Waals surface area contributed by atoms with Gasteiger partial charge in [0.15, 0.2) is 5.82 Å². The monoisotopic (exact) mass is 371 g/mol. The highest BCUT2D eigenvalue weighted by atomic mass is 16.5. The first kappa shape index (κ1) is 19.0. The van der Waals surface area contributed by atoms with Gasteiger partial charge in [0.05, 0.1) is 12.6 Å². The Morgan fingerprint density at radius 3 is 2.67 bits per heavy atom. The van der Waals surface area contributed by atoms with Crippen LogP contribution >= 0.6 is 0 Å². The maximum atomic E-state index is 12.5. The normalized spacial score (nSPS) is 15.0. The molecule has 2 aromatic rings. The first-order valence-corrected chi connectivity index (χ1v) is 9.17. The van der Waals surface area contributed by atoms with Crippen LogP contribution in [0.15, 0.2) is 30.6 Å². The number of methoxy groups -OCH3 is 1. The molecule has 144 valence electrons. The van der Waals surface area contributed by atoms with E-state index in [-0.39, 0.29) is 23.8 Å². The van der Waals surface area contributed by atoms with Gasteiger partial charge in [0.1, 0.15) is 6.33 Å². The van der Waals surface area contributed by atoms with E-state index in [9.17, 15) is 9.59 Å². The van der Waals surface area contributed by atoms with Crippen molar-refractivity contribution in [3.05, 3.63) is 42.0 Å². The number of anilines is 1. The average molecular weight is 371 g/mol. The van der Waals surface area contributed by atoms with Gasteiger partial charge >= 0.3 is 0 Å². The molecular weight excluding hydrogens is 346 g/mol. The number of carbonyl (C=O) groups excluding carboxylic acids is 2. The molecule has 1 aromatic heterocycles. The zero-order valence-electron chi connectivity index (χ0n) is 15.6. The fourth-order valence-corrected chi connectivity index (χ4v) is 2.93. The van der Waals surface area contributed by atoms with Crippen molar-refractivity contribution in [3.63, 3.8) is 0 Å². The Balaban J connectivity index is 1.57. The van der Waals surface area contributed by atoms with E-state index in [0.29, 0.717) is 30.2 Å². The second kappa shape index (κ2) is 8.77. The molecule has 1 aliphatic carbocycles. The summed E-state index contributed by atoms with van der Waals surface area (Å²) < 4.78 is 6.93. The number of nitrogens with one attached hydrogen (secondary N) is 2. The molecule has 2 amide bonds. The zero-order chi connectivity index (χ0) is 19.2. The van der Waals surface area contributed by atoms with E-state index < -0.39 is 0 Å². The molecule has 1 saturated carbocycles. The van der Waals surface area contributed by atoms with Crippen LogP contribution in [-0.4, -0.2) is 40.3 Å². The predicted molar refractivity (Wildman–Crippen MR) is 100 cm³/mol. The van der Waals surface area contributed by atoms with E-state index in [1.807, 2.05) is 11.5 Å². The number of amides is 2. The summed E-state index contributed by atoms with van der Waals surface area (Å²) in [6.07, 6.45) is 4.66. The van der Waals surface area contributed by atoms with Crippen molar-refractivity contribution in [2.75, 3.05) is 19.0 Å². The van der Waals surface area contributed by atoms with Gasteiger partial charge in [-0.3, -0.25) is 9.59 Å². The molecule has 0 aliphatic heterocycles. The van der Waals surface area contributed by atoms with E-state index in [2.05, 4.69) is 20.8 Å². The topological polar surface area (TPSA) is 98.1 Å². The van der Waals surface area contributed by atoms with Crippen LogP contribution in [0.4, 0.5) is 5.69 Å². The third-order valence-corrected chi connectivity index (χ3v) is 4.81. The van der Waals surface area contributed by atoms with Gasteiger partial charge in [-0.2, -0.15) is 0 Å². The Labute approximate surface area is 158 Å². The number of hydrogen-bond donors (Lipinski definition) is 2. The molecule has 1 fully saturated rings. The molecule has 0 spiro atoms. The van der Waals surface area contributed by atoms with E-state index in [1.54, 1.807) is 37.7 Å². The maximum Gasteiger partial charge on any atom is 0.251 e. The summed E-state index contributed by atoms with van der Waals surface area (Å²) >= 11 is 0. The Bertz CT molecular complexity index is 783. The minimum Gasteiger partial charge on any atom is -0.383 e. The molecule has 27 heavy (non-hydrogen) atoms. The lowest BCUT2D eigenvalue weighted by Crippen LogP contribution is -2.29. The number of rotatable bonds is 8. The molecule has 3 rings (SSSR count). The number of hydrogen-bond acceptors (Lipinski definition) is 5. The Morgan fingerprint density at radius 2 is 2.04 bits per heavy atom. The largest absolute Gasteiger partial charge is 0.383 e. The van der Waals surface area contributed by atoms with Crippen LogP contribution in [0, 0.1) is 5.92 Å². The van der Waals surface area contributed by atoms with Crippen molar-refractivity contribution in [2.45, 2.75) is 38.8 Å². The molecule has 0 bridgehead atoms. The van der Waals surface area contributed by atoms with Crippen LogP contribution in [0.3, 0.4) is 0 Å². The standard InChI is InChI=1S/C19H25N5O3/c1-13(17-23-20-12-24(17)10-11-27-2)21-18(25)15-6-8-16(9-7-15)22-19(26)14-4-3-5-14/h6-9,12-14H,3-5,10-11H2,1-2H3,(H,21,25)(H,22,26)/t13-/m0/s1. The van der Waals surface area contributed by atoms with Gasteiger partial charge in [0.2, 0.25) is 5.91 Å². The summed E-state index contributed by atoms with van der Waals surface area (Å²) in [6.45, 7) is 3.02. The van der Waals surface area contributed by atoms with Gasteiger partial charge < -0.3 is 19.9 Å². The smallest absolute Gasteiger partial charge is 0.251 e. The Kier molecular flexibility index (Phi) is 6.18. The van der Waals surface area contributed by atoms with Crippen LogP contribution in [0.25, 0.3) is 0 Å². The maximum absolute atomic E-state index is 12.5. The van der Waals surface area contributed by atoms with Crippen molar-refractivity contribution in [3.8, 4) is 0 Å². The van der Waals surface area contributed by atoms with Gasteiger partial charge in [0, 0.05) is 30.8 Å². The van der Waals surface area contributed by atoms with E-state index >= 15 is 0 Å². The molecule has 1 atom stereocenters. The molecule has 8 nitrogen and oxygen atoms in total. The second-order valence-electron chi connectivity index (χ2n) is 6.76. The Morgan fingerprint density at radius 1 is 1.30 bits per heavy atom. The van der Waals surface area contributed by atoms with Gasteiger partial charge in [-0.05, 0) is 44.0 Å². The fourth-order valence-electron chi connectivity index (χ4n) is 2.93. The van der Waals surface area contributed by atoms with Crippen LogP contribution < -0.4 is 10.6 Å². The summed E-state index contributed by atoms with van der Waals surface area (Å²) in [5.74, 6) is 0.650. The minimum atomic E-state index is -0.296. The van der Waals surface area contributed by atoms with Gasteiger partial charge in [0.25, 0.3) is 5.91 Å². The van der Waals surface area contributed by atoms with Crippen LogP contribution in [0.1, 0.15) is 48.4 Å². The lowest BCUT2D eigenvalue weighted by molar-refractivity contribution is -0.122. The first-order chi connectivity index (χ1) is 13.1. The average Bonchev–Trinajstić information content (AvgIpc) is 3.07. The van der Waals surface area contributed by atoms with Crippen molar-refractivity contribution < 1.29 is 14.3 Å². The molecule has 0 saturated heterocycles. The van der Waals surface area contributed by atoms with E-state index in [1.165, 1.54) is 0 Å². The summed E-state index contributed by atoms with van der Waals surface area (Å²) in [5, 5.41) is 13.8. The number of ether oxygens (including phenoxy) is 1. The highest BCUT2D eigenvalue weighted by Gasteiger charge is 2.25. The number of benzene rings is 1. The number of carbonyl (C=O) groups is 2. The van der Waals surface area contributed by atoms with Crippen LogP contribution in [-0.2, 0) is 16.1 Å². The van der Waals surface area contributed by atoms with E-state index in [0.717, 1.165) is 19.3 Å². The lowest BCUT2D eigenvalue weighted by atomic mass is 9.85. The van der Waals surface area contributed by atoms with Crippen LogP contribution in [0.2, 0.25) is 0 Å². The number of nitrogens with zero attached hydrogens (tertiary/aromatic N) is 3. The van der Waals surface area contributed by atoms with E-state index in [4.69, 9.17) is 4.74 Å². The summed E-state index contributed by atoms with van der Waals surface area (Å²) in [6, 6.07) is 6.60. The number of aromatic nitrogens is 3. The van der Waals surface area contributed by atoms with Gasteiger partial charge in [-0.15, -0.1) is 10.2 Å². The molecule has 1 aliphatic rings. The highest BCUT2D eigenvalue weighted by molar-refractivity contribution is 5.96. The van der Waals surface area contributed by atoms with Crippen molar-refractivity contribution >= 4 is 17.5 Å². The Hall–Kier alpha value is -2.74. The molecule has 1 heterocycles. The molecular formula is C19H25N5O3. The molecule has 1 aromatic carbocycles. The van der Waals surface area contributed by atoms with Gasteiger partial charge in [-0.1, -0.05) is 6.42 Å². The minimum absolute atomic E-state index is 0.0578.